The molecule has 188 valence electrons. The molecule has 3 aromatic rings. The van der Waals surface area contributed by atoms with Gasteiger partial charge < -0.3 is 14.4 Å². The van der Waals surface area contributed by atoms with E-state index in [2.05, 4.69) is 4.99 Å². The van der Waals surface area contributed by atoms with Crippen LogP contribution in [0.5, 0.6) is 11.5 Å². The Morgan fingerprint density at radius 1 is 0.973 bits per heavy atom. The topological polar surface area (TPSA) is 88.5 Å². The van der Waals surface area contributed by atoms with Gasteiger partial charge in [0.25, 0.3) is 17.7 Å². The van der Waals surface area contributed by atoms with Crippen LogP contribution in [0.3, 0.4) is 0 Å². The molecule has 0 saturated carbocycles. The number of carbonyl (C=O) groups excluding carboxylic acids is 3. The minimum absolute atomic E-state index is 0.0193. The van der Waals surface area contributed by atoms with Crippen molar-refractivity contribution in [3.05, 3.63) is 65.2 Å². The van der Waals surface area contributed by atoms with Gasteiger partial charge in [-0.15, -0.1) is 0 Å². The smallest absolute Gasteiger partial charge is 0.261 e. The Morgan fingerprint density at radius 3 is 2.41 bits per heavy atom. The fraction of sp³-hybridized carbons (Fsp3) is 0.310. The molecule has 1 fully saturated rings. The second kappa shape index (κ2) is 9.03. The van der Waals surface area contributed by atoms with E-state index in [1.807, 2.05) is 42.3 Å². The molecule has 0 N–H and O–H groups in total. The molecule has 2 atom stereocenters. The van der Waals surface area contributed by atoms with E-state index in [-0.39, 0.29) is 42.8 Å². The zero-order valence-electron chi connectivity index (χ0n) is 20.8. The highest BCUT2D eigenvalue weighted by Crippen LogP contribution is 2.38. The number of fused-ring (bicyclic) bond motifs is 2. The van der Waals surface area contributed by atoms with Crippen LogP contribution in [-0.2, 0) is 0 Å². The summed E-state index contributed by atoms with van der Waals surface area (Å²) in [7, 11) is 1.53. The number of rotatable bonds is 6. The van der Waals surface area contributed by atoms with E-state index in [1.165, 1.54) is 12.0 Å². The molecule has 0 radical (unpaired) electrons. The zero-order chi connectivity index (χ0) is 25.7. The van der Waals surface area contributed by atoms with Gasteiger partial charge in [0.2, 0.25) is 0 Å². The molecule has 6 rings (SSSR count). The summed E-state index contributed by atoms with van der Waals surface area (Å²) in [6.07, 6.45) is 3.71. The van der Waals surface area contributed by atoms with Gasteiger partial charge in [-0.1, -0.05) is 31.2 Å². The Labute approximate surface area is 214 Å². The van der Waals surface area contributed by atoms with Gasteiger partial charge >= 0.3 is 0 Å². The molecule has 0 aliphatic carbocycles. The Balaban J connectivity index is 1.20. The van der Waals surface area contributed by atoms with Crippen molar-refractivity contribution in [3.8, 4) is 11.5 Å². The first-order chi connectivity index (χ1) is 18.0. The van der Waals surface area contributed by atoms with Gasteiger partial charge in [-0.25, -0.2) is 0 Å². The third-order valence-corrected chi connectivity index (χ3v) is 7.33. The summed E-state index contributed by atoms with van der Waals surface area (Å²) < 4.78 is 11.6. The van der Waals surface area contributed by atoms with Gasteiger partial charge in [0, 0.05) is 47.8 Å². The van der Waals surface area contributed by atoms with E-state index in [0.29, 0.717) is 39.3 Å². The molecule has 1 saturated heterocycles. The van der Waals surface area contributed by atoms with E-state index >= 15 is 0 Å². The van der Waals surface area contributed by atoms with Crippen LogP contribution in [0.2, 0.25) is 0 Å². The number of ether oxygens (including phenoxy) is 2. The number of hydrogen-bond acceptors (Lipinski definition) is 6. The summed E-state index contributed by atoms with van der Waals surface area (Å²) in [5, 5.41) is 1.59. The number of imide groups is 1. The Hall–Kier alpha value is -4.20. The van der Waals surface area contributed by atoms with Gasteiger partial charge in [0.1, 0.15) is 0 Å². The Morgan fingerprint density at radius 2 is 1.70 bits per heavy atom. The van der Waals surface area contributed by atoms with Crippen molar-refractivity contribution in [3.63, 3.8) is 0 Å². The van der Waals surface area contributed by atoms with Crippen LogP contribution >= 0.6 is 0 Å². The third-order valence-electron chi connectivity index (χ3n) is 7.33. The fourth-order valence-electron chi connectivity index (χ4n) is 5.46. The van der Waals surface area contributed by atoms with E-state index in [0.717, 1.165) is 24.8 Å². The summed E-state index contributed by atoms with van der Waals surface area (Å²) >= 11 is 0. The second-order valence-electron chi connectivity index (χ2n) is 9.85. The minimum atomic E-state index is -0.294. The number of benzene rings is 3. The molecule has 37 heavy (non-hydrogen) atoms. The molecule has 0 spiro atoms. The van der Waals surface area contributed by atoms with Gasteiger partial charge in [-0.2, -0.15) is 0 Å². The van der Waals surface area contributed by atoms with Gasteiger partial charge in [0.15, 0.2) is 11.5 Å². The maximum Gasteiger partial charge on any atom is 0.261 e. The number of aliphatic imine (C=N–C) groups is 1. The number of methoxy groups -OCH3 is 1. The lowest BCUT2D eigenvalue weighted by molar-refractivity contribution is 0.0573. The highest BCUT2D eigenvalue weighted by atomic mass is 16.5. The minimum Gasteiger partial charge on any atom is -0.493 e. The summed E-state index contributed by atoms with van der Waals surface area (Å²) in [6.45, 7) is 3.10. The lowest BCUT2D eigenvalue weighted by atomic mass is 9.93. The van der Waals surface area contributed by atoms with Crippen molar-refractivity contribution in [2.45, 2.75) is 25.8 Å². The normalized spacial score (nSPS) is 19.1. The molecular formula is C29H27N3O5. The molecule has 8 heteroatoms. The predicted octanol–water partition coefficient (Wildman–Crippen LogP) is 4.48. The molecule has 3 amide bonds. The summed E-state index contributed by atoms with van der Waals surface area (Å²) in [6, 6.07) is 14.4. The molecule has 3 heterocycles. The van der Waals surface area contributed by atoms with Gasteiger partial charge in [0.05, 0.1) is 31.0 Å². The molecule has 3 aromatic carbocycles. The fourth-order valence-corrected chi connectivity index (χ4v) is 5.46. The van der Waals surface area contributed by atoms with Crippen molar-refractivity contribution >= 4 is 40.4 Å². The van der Waals surface area contributed by atoms with E-state index in [9.17, 15) is 14.4 Å². The Kier molecular flexibility index (Phi) is 5.67. The maximum atomic E-state index is 13.2. The quantitative estimate of drug-likeness (QED) is 0.469. The first-order valence-electron chi connectivity index (χ1n) is 12.5. The molecule has 3 aliphatic heterocycles. The van der Waals surface area contributed by atoms with Gasteiger partial charge in [-0.05, 0) is 36.4 Å². The standard InChI is InChI=1S/C29H27N3O5/c1-17(15-32-27(33)20-9-3-6-18-7-4-10-21(26(18)20)28(32)34)16-37-25-13-23-22(12-24(25)36-2)29(35)31-11-5-8-19(31)14-30-23/h3-4,6-7,9-10,12-14,17,19H,5,8,11,15-16H2,1-2H3. The molecule has 0 aromatic heterocycles. The van der Waals surface area contributed by atoms with Gasteiger partial charge in [-0.3, -0.25) is 24.3 Å². The average Bonchev–Trinajstić information content (AvgIpc) is 3.35. The monoisotopic (exact) mass is 497 g/mol. The van der Waals surface area contributed by atoms with E-state index in [1.54, 1.807) is 24.3 Å². The highest BCUT2D eigenvalue weighted by molar-refractivity contribution is 6.25. The van der Waals surface area contributed by atoms with Crippen molar-refractivity contribution in [1.82, 2.24) is 9.80 Å². The Bertz CT molecular complexity index is 1430. The number of hydrogen-bond donors (Lipinski definition) is 0. The molecule has 2 unspecified atom stereocenters. The summed E-state index contributed by atoms with van der Waals surface area (Å²) in [4.78, 5) is 47.3. The van der Waals surface area contributed by atoms with Crippen LogP contribution in [0.4, 0.5) is 5.69 Å². The predicted molar refractivity (Wildman–Crippen MR) is 139 cm³/mol. The van der Waals surface area contributed by atoms with Crippen molar-refractivity contribution < 1.29 is 23.9 Å². The van der Waals surface area contributed by atoms with Crippen LogP contribution in [-0.4, -0.2) is 66.6 Å². The van der Waals surface area contributed by atoms with E-state index in [4.69, 9.17) is 9.47 Å². The third kappa shape index (κ3) is 3.84. The van der Waals surface area contributed by atoms with Crippen molar-refractivity contribution in [2.75, 3.05) is 26.8 Å². The van der Waals surface area contributed by atoms with E-state index < -0.39 is 0 Å². The van der Waals surface area contributed by atoms with Crippen LogP contribution in [0.1, 0.15) is 50.8 Å². The molecule has 0 bridgehead atoms. The molecule has 8 nitrogen and oxygen atoms in total. The highest BCUT2D eigenvalue weighted by Gasteiger charge is 2.34. The SMILES string of the molecule is COc1cc2c(cc1OCC(C)CN1C(=O)c3cccc4cccc(c34)C1=O)N=CC1CCCN1C2=O. The number of nitrogens with zero attached hydrogens (tertiary/aromatic N) is 3. The maximum absolute atomic E-state index is 13.2. The molecular weight excluding hydrogens is 470 g/mol. The largest absolute Gasteiger partial charge is 0.493 e. The van der Waals surface area contributed by atoms with Crippen LogP contribution in [0.15, 0.2) is 53.5 Å². The van der Waals surface area contributed by atoms with Crippen molar-refractivity contribution in [2.24, 2.45) is 10.9 Å². The van der Waals surface area contributed by atoms with Crippen LogP contribution < -0.4 is 9.47 Å². The molecule has 3 aliphatic rings. The van der Waals surface area contributed by atoms with Crippen LogP contribution in [0, 0.1) is 5.92 Å². The average molecular weight is 498 g/mol. The van der Waals surface area contributed by atoms with Crippen LogP contribution in [0.25, 0.3) is 10.8 Å². The lowest BCUT2D eigenvalue weighted by Gasteiger charge is -2.29. The summed E-state index contributed by atoms with van der Waals surface area (Å²) in [5.41, 5.74) is 2.12. The first-order valence-corrected chi connectivity index (χ1v) is 12.5. The lowest BCUT2D eigenvalue weighted by Crippen LogP contribution is -2.43. The number of carbonyl (C=O) groups is 3. The van der Waals surface area contributed by atoms with Crippen molar-refractivity contribution in [1.29, 1.82) is 0 Å². The zero-order valence-corrected chi connectivity index (χ0v) is 20.8. The first kappa shape index (κ1) is 23.2. The second-order valence-corrected chi connectivity index (χ2v) is 9.85. The summed E-state index contributed by atoms with van der Waals surface area (Å²) in [5.74, 6) is 0.112. The number of amides is 3.